The average molecular weight is 416 g/mol. The highest BCUT2D eigenvalue weighted by Crippen LogP contribution is 2.18. The zero-order valence-electron chi connectivity index (χ0n) is 16.1. The van der Waals surface area contributed by atoms with Gasteiger partial charge in [-0.25, -0.2) is 4.39 Å². The van der Waals surface area contributed by atoms with E-state index in [1.165, 1.54) is 24.3 Å². The number of benzene rings is 2. The Morgan fingerprint density at radius 2 is 1.93 bits per heavy atom. The van der Waals surface area contributed by atoms with Crippen LogP contribution in [-0.4, -0.2) is 47.3 Å². The van der Waals surface area contributed by atoms with Crippen LogP contribution in [0.4, 0.5) is 4.39 Å². The van der Waals surface area contributed by atoms with E-state index in [4.69, 9.17) is 17.3 Å². The van der Waals surface area contributed by atoms with Crippen LogP contribution in [0.1, 0.15) is 28.4 Å². The fourth-order valence-corrected chi connectivity index (χ4v) is 3.67. The summed E-state index contributed by atoms with van der Waals surface area (Å²) in [7, 11) is 0. The van der Waals surface area contributed by atoms with Gasteiger partial charge < -0.3 is 10.6 Å². The Balaban J connectivity index is 1.62. The summed E-state index contributed by atoms with van der Waals surface area (Å²) in [6.07, 6.45) is 3.05. The second-order valence-corrected chi connectivity index (χ2v) is 7.61. The van der Waals surface area contributed by atoms with Crippen LogP contribution in [0, 0.1) is 5.82 Å². The van der Waals surface area contributed by atoms with E-state index in [9.17, 15) is 14.0 Å². The molecular weight excluding hydrogens is 393 g/mol. The largest absolute Gasteiger partial charge is 0.366 e. The van der Waals surface area contributed by atoms with Crippen LogP contribution in [0.25, 0.3) is 6.08 Å². The fraction of sp³-hybridized carbons (Fsp3) is 0.273. The van der Waals surface area contributed by atoms with Crippen molar-refractivity contribution in [2.45, 2.75) is 19.5 Å². The summed E-state index contributed by atoms with van der Waals surface area (Å²) in [5.41, 5.74) is 7.26. The summed E-state index contributed by atoms with van der Waals surface area (Å²) in [5.74, 6) is -0.962. The molecule has 2 aromatic rings. The van der Waals surface area contributed by atoms with Crippen molar-refractivity contribution in [2.75, 3.05) is 19.6 Å². The summed E-state index contributed by atoms with van der Waals surface area (Å²) >= 11 is 5.91. The van der Waals surface area contributed by atoms with Gasteiger partial charge in [0.25, 0.3) is 0 Å². The van der Waals surface area contributed by atoms with Gasteiger partial charge in [-0.15, -0.1) is 0 Å². The maximum atomic E-state index is 13.1. The molecular formula is C22H23ClFN3O2. The SMILES string of the molecule is C[C@@H]1CN(Cc2ccc(F)cc2)CCN1C(=O)C=Cc1ccc(Cl)cc1C(N)=O. The first-order chi connectivity index (χ1) is 13.8. The molecule has 0 spiro atoms. The highest BCUT2D eigenvalue weighted by atomic mass is 35.5. The minimum atomic E-state index is -0.595. The Kier molecular flexibility index (Phi) is 6.67. The standard InChI is InChI=1S/C22H23ClFN3O2/c1-15-13-26(14-16-2-7-19(24)8-3-16)10-11-27(15)21(28)9-5-17-4-6-18(23)12-20(17)22(25)29/h2-9,12,15H,10-11,13-14H2,1H3,(H2,25,29)/t15-/m1/s1. The third-order valence-electron chi connectivity index (χ3n) is 5.00. The number of carbonyl (C=O) groups excluding carboxylic acids is 2. The number of carbonyl (C=O) groups is 2. The van der Waals surface area contributed by atoms with E-state index in [0.717, 1.165) is 25.2 Å². The summed E-state index contributed by atoms with van der Waals surface area (Å²) < 4.78 is 13.1. The van der Waals surface area contributed by atoms with Crippen LogP contribution < -0.4 is 5.73 Å². The topological polar surface area (TPSA) is 66.6 Å². The van der Waals surface area contributed by atoms with Gasteiger partial charge in [-0.3, -0.25) is 14.5 Å². The number of hydrogen-bond donors (Lipinski definition) is 1. The fourth-order valence-electron chi connectivity index (χ4n) is 3.50. The molecule has 2 N–H and O–H groups in total. The van der Waals surface area contributed by atoms with E-state index >= 15 is 0 Å². The number of rotatable bonds is 5. The van der Waals surface area contributed by atoms with Crippen molar-refractivity contribution in [3.05, 3.63) is 76.1 Å². The van der Waals surface area contributed by atoms with E-state index in [1.807, 2.05) is 6.92 Å². The molecule has 0 unspecified atom stereocenters. The highest BCUT2D eigenvalue weighted by Gasteiger charge is 2.26. The molecule has 0 radical (unpaired) electrons. The Bertz CT molecular complexity index is 930. The molecule has 29 heavy (non-hydrogen) atoms. The van der Waals surface area contributed by atoms with Crippen molar-refractivity contribution in [1.82, 2.24) is 9.80 Å². The Hall–Kier alpha value is -2.70. The van der Waals surface area contributed by atoms with E-state index in [0.29, 0.717) is 17.1 Å². The second-order valence-electron chi connectivity index (χ2n) is 7.17. The summed E-state index contributed by atoms with van der Waals surface area (Å²) in [4.78, 5) is 28.3. The van der Waals surface area contributed by atoms with Crippen LogP contribution in [0.3, 0.4) is 0 Å². The normalized spacial score (nSPS) is 17.6. The molecule has 0 saturated carbocycles. The lowest BCUT2D eigenvalue weighted by molar-refractivity contribution is -0.130. The van der Waals surface area contributed by atoms with Gasteiger partial charge in [-0.2, -0.15) is 0 Å². The smallest absolute Gasteiger partial charge is 0.249 e. The zero-order chi connectivity index (χ0) is 21.0. The van der Waals surface area contributed by atoms with Gasteiger partial charge in [-0.05, 0) is 48.4 Å². The third-order valence-corrected chi connectivity index (χ3v) is 5.24. The predicted octanol–water partition coefficient (Wildman–Crippen LogP) is 3.32. The Labute approximate surface area is 174 Å². The molecule has 0 aromatic heterocycles. The Morgan fingerprint density at radius 1 is 1.21 bits per heavy atom. The lowest BCUT2D eigenvalue weighted by Gasteiger charge is -2.39. The molecule has 0 aliphatic carbocycles. The maximum absolute atomic E-state index is 13.1. The van der Waals surface area contributed by atoms with E-state index in [1.54, 1.807) is 35.2 Å². The van der Waals surface area contributed by atoms with Crippen LogP contribution in [0.5, 0.6) is 0 Å². The van der Waals surface area contributed by atoms with Crippen LogP contribution in [0.15, 0.2) is 48.5 Å². The highest BCUT2D eigenvalue weighted by molar-refractivity contribution is 6.31. The molecule has 1 fully saturated rings. The second kappa shape index (κ2) is 9.20. The van der Waals surface area contributed by atoms with Crippen molar-refractivity contribution >= 4 is 29.5 Å². The molecule has 7 heteroatoms. The van der Waals surface area contributed by atoms with Crippen LogP contribution in [0.2, 0.25) is 5.02 Å². The number of hydrogen-bond acceptors (Lipinski definition) is 3. The minimum Gasteiger partial charge on any atom is -0.366 e. The first-order valence-electron chi connectivity index (χ1n) is 9.38. The number of amides is 2. The van der Waals surface area contributed by atoms with Gasteiger partial charge in [0, 0.05) is 48.9 Å². The molecule has 2 amide bonds. The lowest BCUT2D eigenvalue weighted by Crippen LogP contribution is -2.53. The minimum absolute atomic E-state index is 0.0298. The van der Waals surface area contributed by atoms with Crippen molar-refractivity contribution in [2.24, 2.45) is 5.73 Å². The average Bonchev–Trinajstić information content (AvgIpc) is 2.68. The van der Waals surface area contributed by atoms with Gasteiger partial charge in [0.15, 0.2) is 0 Å². The van der Waals surface area contributed by atoms with Gasteiger partial charge in [-0.1, -0.05) is 29.8 Å². The molecule has 1 heterocycles. The first kappa shape index (κ1) is 21.0. The quantitative estimate of drug-likeness (QED) is 0.762. The van der Waals surface area contributed by atoms with Crippen molar-refractivity contribution in [1.29, 1.82) is 0 Å². The van der Waals surface area contributed by atoms with Crippen LogP contribution >= 0.6 is 11.6 Å². The predicted molar refractivity (Wildman–Crippen MR) is 112 cm³/mol. The molecule has 2 aromatic carbocycles. The number of primary amides is 1. The first-order valence-corrected chi connectivity index (χ1v) is 9.76. The molecule has 152 valence electrons. The summed E-state index contributed by atoms with van der Waals surface area (Å²) in [5, 5.41) is 0.410. The van der Waals surface area contributed by atoms with Crippen molar-refractivity contribution < 1.29 is 14.0 Å². The van der Waals surface area contributed by atoms with E-state index in [-0.39, 0.29) is 23.3 Å². The summed E-state index contributed by atoms with van der Waals surface area (Å²) in [6, 6.07) is 11.3. The molecule has 1 aliphatic rings. The molecule has 3 rings (SSSR count). The number of piperazine rings is 1. The maximum Gasteiger partial charge on any atom is 0.249 e. The van der Waals surface area contributed by atoms with Crippen molar-refractivity contribution in [3.8, 4) is 0 Å². The summed E-state index contributed by atoms with van der Waals surface area (Å²) in [6.45, 7) is 4.77. The molecule has 5 nitrogen and oxygen atoms in total. The van der Waals surface area contributed by atoms with Crippen LogP contribution in [-0.2, 0) is 11.3 Å². The van der Waals surface area contributed by atoms with E-state index < -0.39 is 5.91 Å². The number of halogens is 2. The molecule has 0 bridgehead atoms. The van der Waals surface area contributed by atoms with Crippen molar-refractivity contribution in [3.63, 3.8) is 0 Å². The third kappa shape index (κ3) is 5.43. The van der Waals surface area contributed by atoms with Gasteiger partial charge in [0.1, 0.15) is 5.82 Å². The van der Waals surface area contributed by atoms with Gasteiger partial charge >= 0.3 is 0 Å². The van der Waals surface area contributed by atoms with Gasteiger partial charge in [0.2, 0.25) is 11.8 Å². The molecule has 1 saturated heterocycles. The molecule has 1 atom stereocenters. The van der Waals surface area contributed by atoms with Gasteiger partial charge in [0.05, 0.1) is 0 Å². The zero-order valence-corrected chi connectivity index (χ0v) is 16.9. The number of nitrogens with zero attached hydrogens (tertiary/aromatic N) is 2. The number of nitrogens with two attached hydrogens (primary N) is 1. The monoisotopic (exact) mass is 415 g/mol. The lowest BCUT2D eigenvalue weighted by atomic mass is 10.1. The Morgan fingerprint density at radius 3 is 2.59 bits per heavy atom. The van der Waals surface area contributed by atoms with E-state index in [2.05, 4.69) is 4.90 Å². The molecule has 1 aliphatic heterocycles.